The van der Waals surface area contributed by atoms with Crippen LogP contribution in [-0.4, -0.2) is 23.1 Å². The van der Waals surface area contributed by atoms with Crippen LogP contribution in [0.15, 0.2) is 30.4 Å². The first kappa shape index (κ1) is 12.2. The van der Waals surface area contributed by atoms with Gasteiger partial charge in [-0.1, -0.05) is 12.6 Å². The summed E-state index contributed by atoms with van der Waals surface area (Å²) in [6, 6.07) is 5.18. The number of nitrogens with one attached hydrogen (secondary N) is 1. The van der Waals surface area contributed by atoms with Crippen molar-refractivity contribution in [2.45, 2.75) is 19.4 Å². The first-order chi connectivity index (χ1) is 8.47. The van der Waals surface area contributed by atoms with Crippen LogP contribution in [0.25, 0.3) is 0 Å². The van der Waals surface area contributed by atoms with Crippen molar-refractivity contribution in [3.63, 3.8) is 0 Å². The molecule has 5 nitrogen and oxygen atoms in total. The van der Waals surface area contributed by atoms with Crippen molar-refractivity contribution in [2.24, 2.45) is 0 Å². The van der Waals surface area contributed by atoms with Crippen molar-refractivity contribution in [1.82, 2.24) is 0 Å². The zero-order chi connectivity index (χ0) is 13.3. The lowest BCUT2D eigenvalue weighted by Gasteiger charge is -2.23. The molecule has 0 fully saturated rings. The standard InChI is InChI=1S/C13H13NO4/c1-7(13(16)17)5-9-3-4-11-10(6-9)14-12(15)8(2)18-11/h3-4,6,8H,1,5H2,2H3,(H,14,15)(H,16,17). The second kappa shape index (κ2) is 4.52. The molecule has 0 aliphatic carbocycles. The molecule has 1 aliphatic heterocycles. The highest BCUT2D eigenvalue weighted by Gasteiger charge is 2.23. The van der Waals surface area contributed by atoms with Crippen LogP contribution >= 0.6 is 0 Å². The van der Waals surface area contributed by atoms with Gasteiger partial charge in [-0.25, -0.2) is 4.79 Å². The van der Waals surface area contributed by atoms with Crippen molar-refractivity contribution in [3.8, 4) is 5.75 Å². The summed E-state index contributed by atoms with van der Waals surface area (Å²) in [5, 5.41) is 11.5. The molecule has 5 heteroatoms. The van der Waals surface area contributed by atoms with Crippen LogP contribution in [0.2, 0.25) is 0 Å². The molecule has 0 spiro atoms. The number of benzene rings is 1. The number of aliphatic carboxylic acids is 1. The fourth-order valence-electron chi connectivity index (χ4n) is 1.69. The number of carbonyl (C=O) groups excluding carboxylic acids is 1. The lowest BCUT2D eigenvalue weighted by atomic mass is 10.0. The number of carbonyl (C=O) groups is 2. The number of fused-ring (bicyclic) bond motifs is 1. The quantitative estimate of drug-likeness (QED) is 0.795. The Hall–Kier alpha value is -2.30. The van der Waals surface area contributed by atoms with Gasteiger partial charge in [0.2, 0.25) is 0 Å². The summed E-state index contributed by atoms with van der Waals surface area (Å²) >= 11 is 0. The van der Waals surface area contributed by atoms with E-state index in [4.69, 9.17) is 9.84 Å². The molecule has 2 rings (SSSR count). The topological polar surface area (TPSA) is 75.6 Å². The molecule has 1 heterocycles. The van der Waals surface area contributed by atoms with E-state index in [0.717, 1.165) is 5.56 Å². The van der Waals surface area contributed by atoms with Crippen molar-refractivity contribution >= 4 is 17.6 Å². The molecule has 0 aromatic heterocycles. The van der Waals surface area contributed by atoms with Crippen LogP contribution in [0.1, 0.15) is 12.5 Å². The zero-order valence-electron chi connectivity index (χ0n) is 9.90. The largest absolute Gasteiger partial charge is 0.479 e. The maximum Gasteiger partial charge on any atom is 0.331 e. The van der Waals surface area contributed by atoms with Gasteiger partial charge >= 0.3 is 5.97 Å². The van der Waals surface area contributed by atoms with Crippen LogP contribution < -0.4 is 10.1 Å². The lowest BCUT2D eigenvalue weighted by molar-refractivity contribution is -0.132. The van der Waals surface area contributed by atoms with E-state index in [1.807, 2.05) is 0 Å². The van der Waals surface area contributed by atoms with Gasteiger partial charge in [0.05, 0.1) is 5.69 Å². The summed E-state index contributed by atoms with van der Waals surface area (Å²) in [5.41, 5.74) is 1.43. The van der Waals surface area contributed by atoms with Gasteiger partial charge in [-0.05, 0) is 24.6 Å². The number of hydrogen-bond donors (Lipinski definition) is 2. The van der Waals surface area contributed by atoms with Gasteiger partial charge < -0.3 is 15.2 Å². The van der Waals surface area contributed by atoms with Gasteiger partial charge in [0.15, 0.2) is 6.10 Å². The molecule has 94 valence electrons. The molecule has 1 amide bonds. The van der Waals surface area contributed by atoms with Crippen LogP contribution in [0.5, 0.6) is 5.75 Å². The highest BCUT2D eigenvalue weighted by atomic mass is 16.5. The van der Waals surface area contributed by atoms with E-state index in [2.05, 4.69) is 11.9 Å². The Morgan fingerprint density at radius 2 is 2.28 bits per heavy atom. The van der Waals surface area contributed by atoms with Gasteiger partial charge in [0, 0.05) is 12.0 Å². The summed E-state index contributed by atoms with van der Waals surface area (Å²) in [7, 11) is 0. The van der Waals surface area contributed by atoms with Gasteiger partial charge in [-0.3, -0.25) is 4.79 Å². The van der Waals surface area contributed by atoms with E-state index < -0.39 is 12.1 Å². The summed E-state index contributed by atoms with van der Waals surface area (Å²) in [6.45, 7) is 5.14. The molecule has 1 aliphatic rings. The van der Waals surface area contributed by atoms with Crippen molar-refractivity contribution in [3.05, 3.63) is 35.9 Å². The Kier molecular flexibility index (Phi) is 3.06. The summed E-state index contributed by atoms with van der Waals surface area (Å²) in [4.78, 5) is 22.1. The Morgan fingerprint density at radius 3 is 2.94 bits per heavy atom. The molecule has 1 unspecified atom stereocenters. The van der Waals surface area contributed by atoms with E-state index >= 15 is 0 Å². The summed E-state index contributed by atoms with van der Waals surface area (Å²) < 4.78 is 5.40. The third-order valence-electron chi connectivity index (χ3n) is 2.69. The molecule has 18 heavy (non-hydrogen) atoms. The third-order valence-corrected chi connectivity index (χ3v) is 2.69. The smallest absolute Gasteiger partial charge is 0.331 e. The number of ether oxygens (including phenoxy) is 1. The summed E-state index contributed by atoms with van der Waals surface area (Å²) in [6.07, 6.45) is -0.286. The maximum absolute atomic E-state index is 11.5. The Labute approximate surface area is 104 Å². The molecule has 0 radical (unpaired) electrons. The second-order valence-corrected chi connectivity index (χ2v) is 4.17. The molecule has 1 atom stereocenters. The van der Waals surface area contributed by atoms with E-state index in [1.165, 1.54) is 0 Å². The van der Waals surface area contributed by atoms with Crippen LogP contribution in [0.4, 0.5) is 5.69 Å². The lowest BCUT2D eigenvalue weighted by Crippen LogP contribution is -2.34. The number of amides is 1. The van der Waals surface area contributed by atoms with Crippen LogP contribution in [-0.2, 0) is 16.0 Å². The van der Waals surface area contributed by atoms with E-state index in [-0.39, 0.29) is 17.9 Å². The highest BCUT2D eigenvalue weighted by molar-refractivity contribution is 5.97. The van der Waals surface area contributed by atoms with Gasteiger partial charge in [-0.15, -0.1) is 0 Å². The van der Waals surface area contributed by atoms with E-state index in [9.17, 15) is 9.59 Å². The predicted octanol–water partition coefficient (Wildman–Crippen LogP) is 1.59. The predicted molar refractivity (Wildman–Crippen MR) is 65.6 cm³/mol. The molecule has 0 saturated carbocycles. The molecule has 1 aromatic carbocycles. The van der Waals surface area contributed by atoms with Crippen LogP contribution in [0.3, 0.4) is 0 Å². The molecular weight excluding hydrogens is 234 g/mol. The average Bonchev–Trinajstić information content (AvgIpc) is 2.31. The maximum atomic E-state index is 11.5. The molecule has 0 bridgehead atoms. The van der Waals surface area contributed by atoms with Crippen molar-refractivity contribution in [1.29, 1.82) is 0 Å². The Bertz CT molecular complexity index is 536. The fraction of sp³-hybridized carbons (Fsp3) is 0.231. The van der Waals surface area contributed by atoms with Crippen molar-refractivity contribution in [2.75, 3.05) is 5.32 Å². The minimum atomic E-state index is -1.03. The third kappa shape index (κ3) is 2.34. The second-order valence-electron chi connectivity index (χ2n) is 4.17. The van der Waals surface area contributed by atoms with E-state index in [1.54, 1.807) is 25.1 Å². The van der Waals surface area contributed by atoms with Gasteiger partial charge in [0.25, 0.3) is 5.91 Å². The molecular formula is C13H13NO4. The summed E-state index contributed by atoms with van der Waals surface area (Å²) in [5.74, 6) is -0.648. The number of anilines is 1. The zero-order valence-corrected chi connectivity index (χ0v) is 9.90. The molecule has 2 N–H and O–H groups in total. The molecule has 0 saturated heterocycles. The van der Waals surface area contributed by atoms with Crippen molar-refractivity contribution < 1.29 is 19.4 Å². The number of hydrogen-bond acceptors (Lipinski definition) is 3. The Balaban J connectivity index is 2.22. The van der Waals surface area contributed by atoms with Crippen LogP contribution in [0, 0.1) is 0 Å². The first-order valence-electron chi connectivity index (χ1n) is 5.49. The highest BCUT2D eigenvalue weighted by Crippen LogP contribution is 2.30. The number of carboxylic acids is 1. The monoisotopic (exact) mass is 247 g/mol. The van der Waals surface area contributed by atoms with E-state index in [0.29, 0.717) is 11.4 Å². The van der Waals surface area contributed by atoms with Gasteiger partial charge in [-0.2, -0.15) is 0 Å². The normalized spacial score (nSPS) is 17.4. The average molecular weight is 247 g/mol. The minimum absolute atomic E-state index is 0.103. The minimum Gasteiger partial charge on any atom is -0.479 e. The Morgan fingerprint density at radius 1 is 1.56 bits per heavy atom. The number of carboxylic acid groups (broad SMARTS) is 1. The first-order valence-corrected chi connectivity index (χ1v) is 5.49. The SMILES string of the molecule is C=C(Cc1ccc2c(c1)NC(=O)C(C)O2)C(=O)O. The fourth-order valence-corrected chi connectivity index (χ4v) is 1.69. The van der Waals surface area contributed by atoms with Gasteiger partial charge in [0.1, 0.15) is 5.75 Å². The number of rotatable bonds is 3. The molecule has 1 aromatic rings.